The Morgan fingerprint density at radius 3 is 2.68 bits per heavy atom. The van der Waals surface area contributed by atoms with E-state index in [1.807, 2.05) is 0 Å². The fourth-order valence-corrected chi connectivity index (χ4v) is 1.08. The average molecular weight is 276 g/mol. The molecule has 1 atom stereocenters. The van der Waals surface area contributed by atoms with Crippen molar-refractivity contribution in [2.45, 2.75) is 25.8 Å². The number of hydroxylamine groups is 1. The molecule has 0 radical (unpaired) electrons. The van der Waals surface area contributed by atoms with Gasteiger partial charge >= 0.3 is 12.1 Å². The van der Waals surface area contributed by atoms with E-state index in [1.54, 1.807) is 6.92 Å². The van der Waals surface area contributed by atoms with Gasteiger partial charge in [0.15, 0.2) is 0 Å². The third-order valence-corrected chi connectivity index (χ3v) is 1.95. The van der Waals surface area contributed by atoms with E-state index in [0.717, 1.165) is 0 Å². The molecular weight excluding hydrogens is 256 g/mol. The van der Waals surface area contributed by atoms with E-state index < -0.39 is 18.1 Å². The molecular formula is C10H20N4O5. The first kappa shape index (κ1) is 17.1. The molecule has 9 nitrogen and oxygen atoms in total. The average Bonchev–Trinajstić information content (AvgIpc) is 2.34. The largest absolute Gasteiger partial charge is 0.480 e. The number of nitrogens with zero attached hydrogens (tertiary/aromatic N) is 1. The van der Waals surface area contributed by atoms with Gasteiger partial charge in [0.1, 0.15) is 6.04 Å². The smallest absolute Gasteiger partial charge is 0.413 e. The molecule has 0 unspecified atom stereocenters. The molecule has 110 valence electrons. The molecule has 0 bridgehead atoms. The lowest BCUT2D eigenvalue weighted by atomic mass is 10.2. The molecule has 0 saturated carbocycles. The summed E-state index contributed by atoms with van der Waals surface area (Å²) < 4.78 is 4.67. The third-order valence-electron chi connectivity index (χ3n) is 1.95. The normalized spacial score (nSPS) is 12.7. The van der Waals surface area contributed by atoms with Crippen molar-refractivity contribution in [2.24, 2.45) is 10.7 Å². The molecule has 19 heavy (non-hydrogen) atoms. The highest BCUT2D eigenvalue weighted by atomic mass is 16.6. The molecule has 9 heteroatoms. The van der Waals surface area contributed by atoms with Crippen LogP contribution in [0, 0.1) is 0 Å². The van der Waals surface area contributed by atoms with Gasteiger partial charge in [-0.05, 0) is 19.8 Å². The van der Waals surface area contributed by atoms with Crippen LogP contribution in [-0.4, -0.2) is 49.4 Å². The van der Waals surface area contributed by atoms with Gasteiger partial charge in [-0.15, -0.1) is 0 Å². The molecule has 0 aliphatic carbocycles. The molecule has 0 heterocycles. The van der Waals surface area contributed by atoms with Gasteiger partial charge in [0.05, 0.1) is 13.7 Å². The number of carboxylic acid groups (broad SMARTS) is 1. The van der Waals surface area contributed by atoms with E-state index >= 15 is 0 Å². The van der Waals surface area contributed by atoms with Gasteiger partial charge in [-0.1, -0.05) is 0 Å². The van der Waals surface area contributed by atoms with Crippen molar-refractivity contribution in [1.29, 1.82) is 0 Å². The summed E-state index contributed by atoms with van der Waals surface area (Å²) >= 11 is 0. The number of hydrogen-bond donors (Lipinski definition) is 4. The minimum Gasteiger partial charge on any atom is -0.480 e. The van der Waals surface area contributed by atoms with E-state index in [2.05, 4.69) is 25.4 Å². The monoisotopic (exact) mass is 276 g/mol. The summed E-state index contributed by atoms with van der Waals surface area (Å²) in [4.78, 5) is 30.2. The van der Waals surface area contributed by atoms with Crippen molar-refractivity contribution in [3.8, 4) is 0 Å². The Balaban J connectivity index is 4.12. The predicted octanol–water partition coefficient (Wildman–Crippen LogP) is -0.568. The first-order valence-electron chi connectivity index (χ1n) is 5.76. The zero-order valence-corrected chi connectivity index (χ0v) is 11.0. The number of carbonyl (C=O) groups excluding carboxylic acids is 1. The molecule has 0 aromatic rings. The van der Waals surface area contributed by atoms with Gasteiger partial charge in [-0.3, -0.25) is 19.9 Å². The predicted molar refractivity (Wildman–Crippen MR) is 67.4 cm³/mol. The van der Waals surface area contributed by atoms with Crippen LogP contribution >= 0.6 is 0 Å². The fourth-order valence-electron chi connectivity index (χ4n) is 1.08. The van der Waals surface area contributed by atoms with Gasteiger partial charge in [-0.25, -0.2) is 10.3 Å². The van der Waals surface area contributed by atoms with Gasteiger partial charge < -0.3 is 15.6 Å². The van der Waals surface area contributed by atoms with Gasteiger partial charge in [0.2, 0.25) is 5.96 Å². The van der Waals surface area contributed by atoms with Crippen LogP contribution in [0.3, 0.4) is 0 Å². The number of nitrogens with one attached hydrogen (secondary N) is 2. The van der Waals surface area contributed by atoms with E-state index in [1.165, 1.54) is 7.11 Å². The summed E-state index contributed by atoms with van der Waals surface area (Å²) in [6.45, 7) is 2.20. The molecule has 0 aromatic heterocycles. The number of hydrogen-bond acceptors (Lipinski definition) is 6. The zero-order chi connectivity index (χ0) is 14.7. The molecule has 0 aliphatic rings. The van der Waals surface area contributed by atoms with Gasteiger partial charge in [0, 0.05) is 6.54 Å². The number of amides is 1. The lowest BCUT2D eigenvalue weighted by molar-refractivity contribution is -0.138. The maximum Gasteiger partial charge on any atom is 0.413 e. The number of alkyl carbamates (subject to hydrolysis) is 1. The van der Waals surface area contributed by atoms with Crippen LogP contribution in [0.1, 0.15) is 19.8 Å². The van der Waals surface area contributed by atoms with Crippen molar-refractivity contribution in [1.82, 2.24) is 10.8 Å². The van der Waals surface area contributed by atoms with Crippen LogP contribution in [0.5, 0.6) is 0 Å². The molecule has 0 fully saturated rings. The molecule has 0 spiro atoms. The molecule has 1 amide bonds. The summed E-state index contributed by atoms with van der Waals surface area (Å²) in [5, 5.41) is 10.9. The van der Waals surface area contributed by atoms with E-state index in [0.29, 0.717) is 19.4 Å². The maximum absolute atomic E-state index is 11.2. The Morgan fingerprint density at radius 2 is 2.16 bits per heavy atom. The molecule has 5 N–H and O–H groups in total. The Hall–Kier alpha value is -1.87. The zero-order valence-electron chi connectivity index (χ0n) is 11.0. The highest BCUT2D eigenvalue weighted by Gasteiger charge is 2.10. The Bertz CT molecular complexity index is 321. The second kappa shape index (κ2) is 10.1. The number of aliphatic imine (C=N–C) groups is 1. The van der Waals surface area contributed by atoms with Crippen molar-refractivity contribution < 1.29 is 24.3 Å². The summed E-state index contributed by atoms with van der Waals surface area (Å²) in [6, 6.07) is -0.910. The van der Waals surface area contributed by atoms with Gasteiger partial charge in [0.25, 0.3) is 0 Å². The van der Waals surface area contributed by atoms with Crippen molar-refractivity contribution >= 4 is 18.0 Å². The molecule has 0 saturated heterocycles. The molecule has 0 rings (SSSR count). The number of carboxylic acids is 1. The first-order valence-corrected chi connectivity index (χ1v) is 5.76. The highest BCUT2D eigenvalue weighted by Crippen LogP contribution is 1.95. The van der Waals surface area contributed by atoms with E-state index in [4.69, 9.17) is 10.8 Å². The van der Waals surface area contributed by atoms with Crippen LogP contribution in [0.2, 0.25) is 0 Å². The number of nitrogens with two attached hydrogens (primary N) is 1. The minimum absolute atomic E-state index is 0.0878. The number of carbonyl (C=O) groups is 2. The first-order chi connectivity index (χ1) is 9.01. The van der Waals surface area contributed by atoms with Crippen molar-refractivity contribution in [3.63, 3.8) is 0 Å². The quantitative estimate of drug-likeness (QED) is 0.211. The van der Waals surface area contributed by atoms with E-state index in [9.17, 15) is 9.59 Å². The second-order valence-electron chi connectivity index (χ2n) is 3.47. The number of rotatable bonds is 7. The molecule has 0 aliphatic heterocycles. The van der Waals surface area contributed by atoms with Crippen LogP contribution < -0.4 is 16.5 Å². The number of aliphatic carboxylic acids is 1. The topological polar surface area (TPSA) is 135 Å². The Labute approximate surface area is 111 Å². The van der Waals surface area contributed by atoms with Crippen LogP contribution in [0.15, 0.2) is 4.99 Å². The minimum atomic E-state index is -1.05. The van der Waals surface area contributed by atoms with Crippen molar-refractivity contribution in [3.05, 3.63) is 0 Å². The lowest BCUT2D eigenvalue weighted by Crippen LogP contribution is -2.41. The Morgan fingerprint density at radius 1 is 1.47 bits per heavy atom. The van der Waals surface area contributed by atoms with E-state index in [-0.39, 0.29) is 12.6 Å². The number of guanidine groups is 1. The van der Waals surface area contributed by atoms with Crippen molar-refractivity contribution in [2.75, 3.05) is 20.3 Å². The van der Waals surface area contributed by atoms with Crippen LogP contribution in [-0.2, 0) is 14.4 Å². The SMILES string of the molecule is CCOC(=O)NC(=NCCC[C@H](N)C(=O)O)NOC. The number of ether oxygens (including phenoxy) is 1. The summed E-state index contributed by atoms with van der Waals surface area (Å²) in [6.07, 6.45) is 0.0961. The van der Waals surface area contributed by atoms with Crippen LogP contribution in [0.4, 0.5) is 4.79 Å². The lowest BCUT2D eigenvalue weighted by Gasteiger charge is -2.09. The standard InChI is InChI=1S/C10H20N4O5/c1-3-19-10(17)13-9(14-18-2)12-6-4-5-7(11)8(15)16/h7H,3-6,11H2,1-2H3,(H,15,16)(H2,12,13,14,17)/t7-/m0/s1. The Kier molecular flexibility index (Phi) is 9.10. The highest BCUT2D eigenvalue weighted by molar-refractivity contribution is 5.93. The second-order valence-corrected chi connectivity index (χ2v) is 3.47. The summed E-state index contributed by atoms with van der Waals surface area (Å²) in [5.74, 6) is -0.964. The maximum atomic E-state index is 11.2. The van der Waals surface area contributed by atoms with Gasteiger partial charge in [-0.2, -0.15) is 0 Å². The van der Waals surface area contributed by atoms with Crippen LogP contribution in [0.25, 0.3) is 0 Å². The summed E-state index contributed by atoms with van der Waals surface area (Å²) in [5.41, 5.74) is 7.71. The third kappa shape index (κ3) is 8.80. The fraction of sp³-hybridized carbons (Fsp3) is 0.700. The summed E-state index contributed by atoms with van der Waals surface area (Å²) in [7, 11) is 1.36. The molecule has 0 aromatic carbocycles.